The van der Waals surface area contributed by atoms with E-state index in [4.69, 9.17) is 11.6 Å². The van der Waals surface area contributed by atoms with Crippen LogP contribution in [0.15, 0.2) is 23.1 Å². The van der Waals surface area contributed by atoms with Gasteiger partial charge in [0.15, 0.2) is 9.84 Å². The minimum Gasteiger partial charge on any atom is -0.338 e. The summed E-state index contributed by atoms with van der Waals surface area (Å²) in [6.07, 6.45) is 5.77. The Morgan fingerprint density at radius 2 is 1.92 bits per heavy atom. The Hall–Kier alpha value is -1.60. The molecule has 1 unspecified atom stereocenters. The molecule has 1 atom stereocenters. The van der Waals surface area contributed by atoms with E-state index < -0.39 is 27.7 Å². The average molecular weight is 401 g/mol. The molecule has 0 aromatic heterocycles. The van der Waals surface area contributed by atoms with Crippen molar-refractivity contribution < 1.29 is 18.0 Å². The third kappa shape index (κ3) is 5.20. The van der Waals surface area contributed by atoms with Crippen LogP contribution in [0.25, 0.3) is 0 Å². The number of benzene rings is 1. The minimum atomic E-state index is -3.63. The summed E-state index contributed by atoms with van der Waals surface area (Å²) in [7, 11) is -3.63. The van der Waals surface area contributed by atoms with Gasteiger partial charge in [0, 0.05) is 12.8 Å². The van der Waals surface area contributed by atoms with Gasteiger partial charge in [-0.3, -0.25) is 10.1 Å². The first-order valence-electron chi connectivity index (χ1n) is 8.81. The lowest BCUT2D eigenvalue weighted by Crippen LogP contribution is -2.42. The van der Waals surface area contributed by atoms with Crippen LogP contribution in [0.4, 0.5) is 4.79 Å². The molecular weight excluding hydrogens is 376 g/mol. The number of rotatable bonds is 6. The molecule has 1 saturated carbocycles. The molecule has 1 aliphatic carbocycles. The van der Waals surface area contributed by atoms with Crippen molar-refractivity contribution in [1.29, 1.82) is 0 Å². The van der Waals surface area contributed by atoms with Crippen LogP contribution in [0.3, 0.4) is 0 Å². The van der Waals surface area contributed by atoms with Crippen LogP contribution < -0.4 is 10.6 Å². The Morgan fingerprint density at radius 1 is 1.27 bits per heavy atom. The fourth-order valence-electron chi connectivity index (χ4n) is 3.55. The van der Waals surface area contributed by atoms with E-state index >= 15 is 0 Å². The molecule has 0 spiro atoms. The Morgan fingerprint density at radius 3 is 2.50 bits per heavy atom. The number of hydrogen-bond donors (Lipinski definition) is 2. The Labute approximate surface area is 159 Å². The van der Waals surface area contributed by atoms with E-state index in [-0.39, 0.29) is 9.92 Å². The van der Waals surface area contributed by atoms with Gasteiger partial charge in [0.2, 0.25) is 5.91 Å². The van der Waals surface area contributed by atoms with Gasteiger partial charge >= 0.3 is 6.03 Å². The Kier molecular flexibility index (Phi) is 7.06. The van der Waals surface area contributed by atoms with Crippen LogP contribution in [0.5, 0.6) is 0 Å². The molecule has 8 heteroatoms. The molecule has 0 aliphatic heterocycles. The van der Waals surface area contributed by atoms with Gasteiger partial charge in [-0.1, -0.05) is 49.4 Å². The van der Waals surface area contributed by atoms with E-state index in [1.807, 2.05) is 0 Å². The number of imide groups is 1. The molecule has 2 N–H and O–H groups in total. The monoisotopic (exact) mass is 400 g/mol. The molecule has 1 aliphatic rings. The molecular formula is C18H25ClN2O4S. The van der Waals surface area contributed by atoms with Gasteiger partial charge in [-0.05, 0) is 30.9 Å². The van der Waals surface area contributed by atoms with Crippen molar-refractivity contribution in [1.82, 2.24) is 10.6 Å². The SMILES string of the molecule is CCNC(=O)NC(=O)C(CC1CCCC1)c1cccc(Cl)c1S(C)(=O)=O. The zero-order valence-corrected chi connectivity index (χ0v) is 16.6. The van der Waals surface area contributed by atoms with Gasteiger partial charge in [0.25, 0.3) is 0 Å². The first-order chi connectivity index (χ1) is 12.2. The maximum absolute atomic E-state index is 12.8. The van der Waals surface area contributed by atoms with Crippen molar-refractivity contribution in [3.8, 4) is 0 Å². The van der Waals surface area contributed by atoms with Crippen LogP contribution in [-0.2, 0) is 14.6 Å². The molecule has 1 aromatic rings. The molecule has 1 fully saturated rings. The molecule has 0 radical (unpaired) electrons. The van der Waals surface area contributed by atoms with Crippen LogP contribution in [0.2, 0.25) is 5.02 Å². The first-order valence-corrected chi connectivity index (χ1v) is 11.1. The van der Waals surface area contributed by atoms with E-state index in [1.54, 1.807) is 19.1 Å². The van der Waals surface area contributed by atoms with Gasteiger partial charge in [-0.25, -0.2) is 13.2 Å². The van der Waals surface area contributed by atoms with E-state index in [0.717, 1.165) is 31.9 Å². The highest BCUT2D eigenvalue weighted by molar-refractivity contribution is 7.90. The predicted molar refractivity (Wildman–Crippen MR) is 101 cm³/mol. The lowest BCUT2D eigenvalue weighted by atomic mass is 9.87. The number of amides is 3. The first kappa shape index (κ1) is 20.7. The molecule has 2 rings (SSSR count). The lowest BCUT2D eigenvalue weighted by molar-refractivity contribution is -0.121. The largest absolute Gasteiger partial charge is 0.338 e. The molecule has 144 valence electrons. The maximum atomic E-state index is 12.8. The second-order valence-corrected chi connectivity index (χ2v) is 9.08. The Balaban J connectivity index is 2.42. The molecule has 6 nitrogen and oxygen atoms in total. The quantitative estimate of drug-likeness (QED) is 0.766. The Bertz CT molecular complexity index is 773. The minimum absolute atomic E-state index is 0.0317. The zero-order valence-electron chi connectivity index (χ0n) is 15.0. The van der Waals surface area contributed by atoms with Crippen LogP contribution in [0.1, 0.15) is 50.5 Å². The predicted octanol–water partition coefficient (Wildman–Crippen LogP) is 3.25. The van der Waals surface area contributed by atoms with Crippen molar-refractivity contribution in [2.75, 3.05) is 12.8 Å². The molecule has 3 amide bonds. The van der Waals surface area contributed by atoms with Gasteiger partial charge in [-0.2, -0.15) is 0 Å². The van der Waals surface area contributed by atoms with Crippen molar-refractivity contribution in [3.05, 3.63) is 28.8 Å². The van der Waals surface area contributed by atoms with E-state index in [1.165, 1.54) is 6.07 Å². The van der Waals surface area contributed by atoms with Crippen molar-refractivity contribution in [3.63, 3.8) is 0 Å². The van der Waals surface area contributed by atoms with Gasteiger partial charge < -0.3 is 5.32 Å². The normalized spacial score (nSPS) is 16.3. The zero-order chi connectivity index (χ0) is 19.3. The summed E-state index contributed by atoms with van der Waals surface area (Å²) >= 11 is 6.14. The van der Waals surface area contributed by atoms with Crippen molar-refractivity contribution in [2.45, 2.75) is 49.8 Å². The summed E-state index contributed by atoms with van der Waals surface area (Å²) < 4.78 is 24.5. The summed E-state index contributed by atoms with van der Waals surface area (Å²) in [5.74, 6) is -0.925. The van der Waals surface area contributed by atoms with E-state index in [0.29, 0.717) is 24.4 Å². The highest BCUT2D eigenvalue weighted by Crippen LogP contribution is 2.38. The number of halogens is 1. The standard InChI is InChI=1S/C18H25ClN2O4S/c1-3-20-18(23)21-17(22)14(11-12-7-4-5-8-12)13-9-6-10-15(19)16(13)26(2,24)25/h6,9-10,12,14H,3-5,7-8,11H2,1-2H3,(H2,20,21,22,23). The third-order valence-electron chi connectivity index (χ3n) is 4.68. The summed E-state index contributed by atoms with van der Waals surface area (Å²) in [5.41, 5.74) is 0.355. The fraction of sp³-hybridized carbons (Fsp3) is 0.556. The summed E-state index contributed by atoms with van der Waals surface area (Å²) in [4.78, 5) is 24.6. The number of nitrogens with one attached hydrogen (secondary N) is 2. The maximum Gasteiger partial charge on any atom is 0.321 e. The number of carbonyl (C=O) groups excluding carboxylic acids is 2. The number of carbonyl (C=O) groups is 2. The third-order valence-corrected chi connectivity index (χ3v) is 6.30. The van der Waals surface area contributed by atoms with Gasteiger partial charge in [0.05, 0.1) is 15.8 Å². The fourth-order valence-corrected chi connectivity index (χ4v) is 5.21. The van der Waals surface area contributed by atoms with Gasteiger partial charge in [0.1, 0.15) is 0 Å². The van der Waals surface area contributed by atoms with Crippen molar-refractivity contribution >= 4 is 33.4 Å². The molecule has 0 heterocycles. The number of sulfone groups is 1. The van der Waals surface area contributed by atoms with Crippen LogP contribution in [-0.4, -0.2) is 33.2 Å². The average Bonchev–Trinajstić information content (AvgIpc) is 3.04. The molecule has 0 saturated heterocycles. The van der Waals surface area contributed by atoms with Crippen LogP contribution >= 0.6 is 11.6 Å². The smallest absolute Gasteiger partial charge is 0.321 e. The van der Waals surface area contributed by atoms with E-state index in [9.17, 15) is 18.0 Å². The molecule has 0 bridgehead atoms. The van der Waals surface area contributed by atoms with E-state index in [2.05, 4.69) is 10.6 Å². The number of urea groups is 1. The van der Waals surface area contributed by atoms with Crippen LogP contribution in [0, 0.1) is 5.92 Å². The van der Waals surface area contributed by atoms with Crippen molar-refractivity contribution in [2.24, 2.45) is 5.92 Å². The highest BCUT2D eigenvalue weighted by Gasteiger charge is 2.32. The second kappa shape index (κ2) is 8.86. The summed E-state index contributed by atoms with van der Waals surface area (Å²) in [6.45, 7) is 2.14. The summed E-state index contributed by atoms with van der Waals surface area (Å²) in [6, 6.07) is 4.15. The van der Waals surface area contributed by atoms with Gasteiger partial charge in [-0.15, -0.1) is 0 Å². The number of hydrogen-bond acceptors (Lipinski definition) is 4. The molecule has 26 heavy (non-hydrogen) atoms. The lowest BCUT2D eigenvalue weighted by Gasteiger charge is -2.22. The second-order valence-electron chi connectivity index (χ2n) is 6.72. The highest BCUT2D eigenvalue weighted by atomic mass is 35.5. The summed E-state index contributed by atoms with van der Waals surface area (Å²) in [5, 5.41) is 4.93. The molecule has 1 aromatic carbocycles. The topological polar surface area (TPSA) is 92.3 Å².